The zero-order valence-electron chi connectivity index (χ0n) is 18.9. The van der Waals surface area contributed by atoms with Crippen molar-refractivity contribution < 1.29 is 22.8 Å². The van der Waals surface area contributed by atoms with E-state index in [9.17, 15) is 22.8 Å². The molecular formula is C27H20F3N3O2. The lowest BCUT2D eigenvalue weighted by molar-refractivity contribution is -0.138. The van der Waals surface area contributed by atoms with Crippen LogP contribution in [-0.2, 0) is 22.3 Å². The summed E-state index contributed by atoms with van der Waals surface area (Å²) in [5.74, 6) is 4.45. The normalized spacial score (nSPS) is 13.7. The Labute approximate surface area is 200 Å². The number of rotatable bonds is 4. The third kappa shape index (κ3) is 5.09. The Morgan fingerprint density at radius 2 is 1.57 bits per heavy atom. The molecule has 1 aliphatic rings. The van der Waals surface area contributed by atoms with Gasteiger partial charge in [-0.15, -0.1) is 0 Å². The fraction of sp³-hybridized carbons (Fsp3) is 0.148. The quantitative estimate of drug-likeness (QED) is 0.411. The van der Waals surface area contributed by atoms with Crippen LogP contribution >= 0.6 is 0 Å². The van der Waals surface area contributed by atoms with Crippen LogP contribution in [0.2, 0.25) is 0 Å². The third-order valence-electron chi connectivity index (χ3n) is 5.43. The lowest BCUT2D eigenvalue weighted by Gasteiger charge is -2.14. The standard InChI is InChI=1S/C27H20F3N3O2/c1-32(2)22-13-6-18(7-14-22)8-15-23-24(19-9-11-20(12-10-19)27(28,29)30)26(35)33(25(23)34)17-21-5-3-4-16-31-21/h3-7,9-14,16H,17H2,1-2H3. The van der Waals surface area contributed by atoms with Gasteiger partial charge in [-0.3, -0.25) is 19.5 Å². The van der Waals surface area contributed by atoms with Crippen LogP contribution in [-0.4, -0.2) is 35.8 Å². The number of hydrogen-bond acceptors (Lipinski definition) is 4. The first-order valence-corrected chi connectivity index (χ1v) is 10.6. The SMILES string of the molecule is CN(C)c1ccc(C#CC2=C(c3ccc(C(F)(F)F)cc3)C(=O)N(Cc3ccccn3)C2=O)cc1. The summed E-state index contributed by atoms with van der Waals surface area (Å²) in [6.07, 6.45) is -2.97. The highest BCUT2D eigenvalue weighted by Gasteiger charge is 2.39. The highest BCUT2D eigenvalue weighted by atomic mass is 19.4. The highest BCUT2D eigenvalue weighted by Crippen LogP contribution is 2.33. The lowest BCUT2D eigenvalue weighted by Crippen LogP contribution is -2.31. The maximum Gasteiger partial charge on any atom is 0.416 e. The van der Waals surface area contributed by atoms with Crippen molar-refractivity contribution in [1.29, 1.82) is 0 Å². The number of halogens is 3. The molecule has 0 saturated carbocycles. The van der Waals surface area contributed by atoms with Crippen LogP contribution in [0, 0.1) is 11.8 Å². The van der Waals surface area contributed by atoms with Crippen LogP contribution < -0.4 is 4.90 Å². The number of imide groups is 1. The summed E-state index contributed by atoms with van der Waals surface area (Å²) in [5.41, 5.74) is 1.32. The van der Waals surface area contributed by atoms with Crippen molar-refractivity contribution in [2.24, 2.45) is 0 Å². The molecule has 8 heteroatoms. The minimum absolute atomic E-state index is 0.0305. The van der Waals surface area contributed by atoms with Crippen molar-refractivity contribution >= 4 is 23.1 Å². The molecule has 0 saturated heterocycles. The van der Waals surface area contributed by atoms with E-state index in [4.69, 9.17) is 0 Å². The molecule has 5 nitrogen and oxygen atoms in total. The van der Waals surface area contributed by atoms with Crippen LogP contribution in [0.4, 0.5) is 18.9 Å². The van der Waals surface area contributed by atoms with Crippen molar-refractivity contribution in [3.8, 4) is 11.8 Å². The van der Waals surface area contributed by atoms with Gasteiger partial charge in [0.2, 0.25) is 0 Å². The first-order valence-electron chi connectivity index (χ1n) is 10.6. The molecule has 0 aliphatic carbocycles. The third-order valence-corrected chi connectivity index (χ3v) is 5.43. The summed E-state index contributed by atoms with van der Waals surface area (Å²) in [7, 11) is 3.81. The van der Waals surface area contributed by atoms with Gasteiger partial charge < -0.3 is 4.90 Å². The Balaban J connectivity index is 1.75. The van der Waals surface area contributed by atoms with Crippen molar-refractivity contribution in [2.75, 3.05) is 19.0 Å². The fourth-order valence-corrected chi connectivity index (χ4v) is 3.56. The molecule has 0 bridgehead atoms. The van der Waals surface area contributed by atoms with E-state index in [1.54, 1.807) is 36.5 Å². The molecule has 2 aromatic carbocycles. The van der Waals surface area contributed by atoms with E-state index in [1.165, 1.54) is 12.1 Å². The first kappa shape index (κ1) is 23.8. The van der Waals surface area contributed by atoms with E-state index >= 15 is 0 Å². The molecule has 2 heterocycles. The number of anilines is 1. The molecule has 0 spiro atoms. The number of carbonyl (C=O) groups is 2. The predicted octanol–water partition coefficient (Wildman–Crippen LogP) is 4.54. The molecule has 35 heavy (non-hydrogen) atoms. The number of benzene rings is 2. The maximum absolute atomic E-state index is 13.3. The Bertz CT molecular complexity index is 1350. The van der Waals surface area contributed by atoms with Gasteiger partial charge in [0.1, 0.15) is 5.57 Å². The summed E-state index contributed by atoms with van der Waals surface area (Å²) in [6, 6.07) is 16.5. The minimum Gasteiger partial charge on any atom is -0.378 e. The zero-order chi connectivity index (χ0) is 25.2. The molecule has 3 aromatic rings. The van der Waals surface area contributed by atoms with E-state index in [1.807, 2.05) is 31.1 Å². The van der Waals surface area contributed by atoms with Gasteiger partial charge in [-0.05, 0) is 54.1 Å². The van der Waals surface area contributed by atoms with Gasteiger partial charge in [-0.2, -0.15) is 13.2 Å². The number of hydrogen-bond donors (Lipinski definition) is 0. The number of pyridine rings is 1. The van der Waals surface area contributed by atoms with E-state index in [-0.39, 0.29) is 23.3 Å². The lowest BCUT2D eigenvalue weighted by atomic mass is 10.00. The fourth-order valence-electron chi connectivity index (χ4n) is 3.56. The van der Waals surface area contributed by atoms with Crippen LogP contribution in [0.25, 0.3) is 5.57 Å². The average Bonchev–Trinajstić information content (AvgIpc) is 3.07. The molecule has 176 valence electrons. The summed E-state index contributed by atoms with van der Waals surface area (Å²) in [4.78, 5) is 33.6. The van der Waals surface area contributed by atoms with Crippen molar-refractivity contribution in [1.82, 2.24) is 9.88 Å². The van der Waals surface area contributed by atoms with Gasteiger partial charge in [0.15, 0.2) is 0 Å². The van der Waals surface area contributed by atoms with Gasteiger partial charge in [0.25, 0.3) is 11.8 Å². The van der Waals surface area contributed by atoms with Crippen molar-refractivity contribution in [3.05, 3.63) is 101 Å². The van der Waals surface area contributed by atoms with E-state index in [0.29, 0.717) is 11.3 Å². The highest BCUT2D eigenvalue weighted by molar-refractivity contribution is 6.37. The Morgan fingerprint density at radius 1 is 0.886 bits per heavy atom. The molecule has 0 atom stereocenters. The maximum atomic E-state index is 13.3. The van der Waals surface area contributed by atoms with Gasteiger partial charge >= 0.3 is 6.18 Å². The van der Waals surface area contributed by atoms with Crippen molar-refractivity contribution in [2.45, 2.75) is 12.7 Å². The zero-order valence-corrected chi connectivity index (χ0v) is 18.9. The van der Waals surface area contributed by atoms with Gasteiger partial charge in [-0.1, -0.05) is 30.0 Å². The van der Waals surface area contributed by atoms with Crippen LogP contribution in [0.15, 0.2) is 78.5 Å². The van der Waals surface area contributed by atoms with Gasteiger partial charge in [-0.25, -0.2) is 0 Å². The van der Waals surface area contributed by atoms with Crippen LogP contribution in [0.5, 0.6) is 0 Å². The Hall–Kier alpha value is -4.38. The van der Waals surface area contributed by atoms with Crippen LogP contribution in [0.3, 0.4) is 0 Å². The van der Waals surface area contributed by atoms with E-state index in [0.717, 1.165) is 22.7 Å². The topological polar surface area (TPSA) is 53.5 Å². The molecule has 0 radical (unpaired) electrons. The molecule has 0 N–H and O–H groups in total. The first-order chi connectivity index (χ1) is 16.6. The van der Waals surface area contributed by atoms with Gasteiger partial charge in [0, 0.05) is 31.5 Å². The van der Waals surface area contributed by atoms with E-state index < -0.39 is 23.6 Å². The summed E-state index contributed by atoms with van der Waals surface area (Å²) >= 11 is 0. The molecule has 2 amide bonds. The molecule has 0 fully saturated rings. The molecule has 0 unspecified atom stereocenters. The number of nitrogens with zero attached hydrogens (tertiary/aromatic N) is 3. The Kier molecular flexibility index (Phi) is 6.43. The number of carbonyl (C=O) groups excluding carboxylic acids is 2. The number of aromatic nitrogens is 1. The predicted molar refractivity (Wildman–Crippen MR) is 126 cm³/mol. The number of amides is 2. The molecular weight excluding hydrogens is 455 g/mol. The monoisotopic (exact) mass is 475 g/mol. The second-order valence-electron chi connectivity index (χ2n) is 8.03. The molecule has 1 aliphatic heterocycles. The minimum atomic E-state index is -4.52. The largest absolute Gasteiger partial charge is 0.416 e. The summed E-state index contributed by atoms with van der Waals surface area (Å²) in [5, 5.41) is 0. The molecule has 4 rings (SSSR count). The smallest absolute Gasteiger partial charge is 0.378 e. The van der Waals surface area contributed by atoms with Crippen LogP contribution in [0.1, 0.15) is 22.4 Å². The second kappa shape index (κ2) is 9.47. The van der Waals surface area contributed by atoms with Crippen molar-refractivity contribution in [3.63, 3.8) is 0 Å². The van der Waals surface area contributed by atoms with Gasteiger partial charge in [0.05, 0.1) is 23.4 Å². The average molecular weight is 475 g/mol. The van der Waals surface area contributed by atoms with E-state index in [2.05, 4.69) is 16.8 Å². The summed E-state index contributed by atoms with van der Waals surface area (Å²) in [6.45, 7) is -0.0780. The second-order valence-corrected chi connectivity index (χ2v) is 8.03. The summed E-state index contributed by atoms with van der Waals surface area (Å²) < 4.78 is 39.1. The number of alkyl halides is 3. The Morgan fingerprint density at radius 3 is 2.14 bits per heavy atom. The molecule has 1 aromatic heterocycles.